The van der Waals surface area contributed by atoms with Gasteiger partial charge in [-0.05, 0) is 37.0 Å². The van der Waals surface area contributed by atoms with Crippen molar-refractivity contribution in [2.45, 2.75) is 51.2 Å². The summed E-state index contributed by atoms with van der Waals surface area (Å²) in [6, 6.07) is 13.1. The maximum absolute atomic E-state index is 12.5. The molecule has 1 fully saturated rings. The fourth-order valence-corrected chi connectivity index (χ4v) is 3.65. The molecule has 0 bridgehead atoms. The van der Waals surface area contributed by atoms with Crippen LogP contribution in [0.15, 0.2) is 53.5 Å². The number of pyridine rings is 1. The summed E-state index contributed by atoms with van der Waals surface area (Å²) in [7, 11) is 0. The molecule has 2 unspecified atom stereocenters. The number of rotatable bonds is 5. The lowest BCUT2D eigenvalue weighted by Gasteiger charge is -2.37. The molecule has 5 heteroatoms. The fourth-order valence-electron chi connectivity index (χ4n) is 3.65. The van der Waals surface area contributed by atoms with Crippen LogP contribution in [-0.4, -0.2) is 16.0 Å². The van der Waals surface area contributed by atoms with Crippen LogP contribution in [0.1, 0.15) is 43.7 Å². The largest absolute Gasteiger partial charge is 0.352 e. The molecule has 0 spiro atoms. The van der Waals surface area contributed by atoms with Crippen molar-refractivity contribution in [2.24, 2.45) is 11.7 Å². The first-order valence-electron chi connectivity index (χ1n) is 9.25. The molecule has 1 aliphatic rings. The monoisotopic (exact) mass is 353 g/mol. The van der Waals surface area contributed by atoms with Crippen molar-refractivity contribution in [3.63, 3.8) is 0 Å². The van der Waals surface area contributed by atoms with Gasteiger partial charge in [0.15, 0.2) is 0 Å². The van der Waals surface area contributed by atoms with E-state index in [1.807, 2.05) is 37.3 Å². The van der Waals surface area contributed by atoms with E-state index in [1.165, 1.54) is 0 Å². The number of carbonyl (C=O) groups excluding carboxylic acids is 1. The SMILES string of the molecule is CC1(N)CCCCC1C(=O)NCc1ccc(Cn2ccccc2=O)cc1. The average molecular weight is 353 g/mol. The third-order valence-electron chi connectivity index (χ3n) is 5.31. The van der Waals surface area contributed by atoms with E-state index in [4.69, 9.17) is 5.73 Å². The highest BCUT2D eigenvalue weighted by Crippen LogP contribution is 2.31. The zero-order chi connectivity index (χ0) is 18.6. The van der Waals surface area contributed by atoms with Crippen LogP contribution in [0.4, 0.5) is 0 Å². The Hall–Kier alpha value is -2.40. The molecule has 1 saturated carbocycles. The molecular formula is C21H27N3O2. The standard InChI is InChI=1S/C21H27N3O2/c1-21(22)12-4-2-6-18(21)20(26)23-14-16-8-10-17(11-9-16)15-24-13-5-3-7-19(24)25/h3,5,7-11,13,18H,2,4,6,12,14-15,22H2,1H3,(H,23,26). The Kier molecular flexibility index (Phi) is 5.57. The quantitative estimate of drug-likeness (QED) is 0.867. The average Bonchev–Trinajstić information content (AvgIpc) is 2.62. The third-order valence-corrected chi connectivity index (χ3v) is 5.31. The zero-order valence-corrected chi connectivity index (χ0v) is 15.3. The number of carbonyl (C=O) groups is 1. The van der Waals surface area contributed by atoms with Crippen LogP contribution in [0, 0.1) is 5.92 Å². The Morgan fingerprint density at radius 3 is 2.62 bits per heavy atom. The number of aromatic nitrogens is 1. The maximum Gasteiger partial charge on any atom is 0.250 e. The second-order valence-electron chi connectivity index (χ2n) is 7.51. The normalized spacial score (nSPS) is 22.8. The lowest BCUT2D eigenvalue weighted by molar-refractivity contribution is -0.128. The third kappa shape index (κ3) is 4.41. The molecule has 0 aliphatic heterocycles. The number of hydrogen-bond acceptors (Lipinski definition) is 3. The second-order valence-corrected chi connectivity index (χ2v) is 7.51. The van der Waals surface area contributed by atoms with Gasteiger partial charge in [-0.2, -0.15) is 0 Å². The molecular weight excluding hydrogens is 326 g/mol. The molecule has 3 rings (SSSR count). The van der Waals surface area contributed by atoms with E-state index in [0.717, 1.165) is 36.8 Å². The van der Waals surface area contributed by atoms with Crippen LogP contribution >= 0.6 is 0 Å². The molecule has 1 amide bonds. The van der Waals surface area contributed by atoms with Gasteiger partial charge in [-0.1, -0.05) is 43.2 Å². The number of amides is 1. The van der Waals surface area contributed by atoms with Crippen LogP contribution < -0.4 is 16.6 Å². The second kappa shape index (κ2) is 7.87. The molecule has 2 aromatic rings. The first-order valence-corrected chi connectivity index (χ1v) is 9.25. The molecule has 1 aromatic carbocycles. The highest BCUT2D eigenvalue weighted by molar-refractivity contribution is 5.80. The van der Waals surface area contributed by atoms with Gasteiger partial charge >= 0.3 is 0 Å². The van der Waals surface area contributed by atoms with E-state index in [-0.39, 0.29) is 17.4 Å². The van der Waals surface area contributed by atoms with Crippen LogP contribution in [0.2, 0.25) is 0 Å². The molecule has 1 aromatic heterocycles. The van der Waals surface area contributed by atoms with Crippen molar-refractivity contribution in [3.8, 4) is 0 Å². The van der Waals surface area contributed by atoms with E-state index < -0.39 is 5.54 Å². The Labute approximate surface area is 154 Å². The van der Waals surface area contributed by atoms with Crippen molar-refractivity contribution in [1.29, 1.82) is 0 Å². The molecule has 5 nitrogen and oxygen atoms in total. The molecule has 26 heavy (non-hydrogen) atoms. The van der Waals surface area contributed by atoms with Crippen LogP contribution in [-0.2, 0) is 17.9 Å². The molecule has 2 atom stereocenters. The molecule has 0 radical (unpaired) electrons. The number of hydrogen-bond donors (Lipinski definition) is 2. The lowest BCUT2D eigenvalue weighted by Crippen LogP contribution is -2.52. The van der Waals surface area contributed by atoms with Gasteiger partial charge in [0.05, 0.1) is 12.5 Å². The first-order chi connectivity index (χ1) is 12.5. The van der Waals surface area contributed by atoms with E-state index in [0.29, 0.717) is 13.1 Å². The minimum absolute atomic E-state index is 0.0128. The molecule has 0 saturated heterocycles. The minimum atomic E-state index is -0.408. The highest BCUT2D eigenvalue weighted by atomic mass is 16.2. The summed E-state index contributed by atoms with van der Waals surface area (Å²) in [4.78, 5) is 24.3. The Morgan fingerprint density at radius 2 is 1.92 bits per heavy atom. The van der Waals surface area contributed by atoms with Crippen LogP contribution in [0.5, 0.6) is 0 Å². The first kappa shape index (κ1) is 18.4. The van der Waals surface area contributed by atoms with Gasteiger partial charge in [-0.15, -0.1) is 0 Å². The van der Waals surface area contributed by atoms with Gasteiger partial charge in [0.25, 0.3) is 5.56 Å². The number of nitrogens with zero attached hydrogens (tertiary/aromatic N) is 1. The number of nitrogens with one attached hydrogen (secondary N) is 1. The van der Waals surface area contributed by atoms with Gasteiger partial charge < -0.3 is 15.6 Å². The molecule has 3 N–H and O–H groups in total. The predicted octanol–water partition coefficient (Wildman–Crippen LogP) is 2.42. The summed E-state index contributed by atoms with van der Waals surface area (Å²) < 4.78 is 1.67. The predicted molar refractivity (Wildman–Crippen MR) is 103 cm³/mol. The van der Waals surface area contributed by atoms with E-state index in [1.54, 1.807) is 22.9 Å². The molecule has 1 aliphatic carbocycles. The van der Waals surface area contributed by atoms with E-state index >= 15 is 0 Å². The maximum atomic E-state index is 12.5. The fraction of sp³-hybridized carbons (Fsp3) is 0.429. The van der Waals surface area contributed by atoms with E-state index in [9.17, 15) is 9.59 Å². The van der Waals surface area contributed by atoms with Crippen molar-refractivity contribution in [3.05, 3.63) is 70.1 Å². The number of nitrogens with two attached hydrogens (primary N) is 1. The van der Waals surface area contributed by atoms with Crippen LogP contribution in [0.3, 0.4) is 0 Å². The molecule has 138 valence electrons. The summed E-state index contributed by atoms with van der Waals surface area (Å²) in [5.41, 5.74) is 7.98. The topological polar surface area (TPSA) is 77.1 Å². The smallest absolute Gasteiger partial charge is 0.250 e. The minimum Gasteiger partial charge on any atom is -0.352 e. The Bertz CT molecular complexity index is 809. The van der Waals surface area contributed by atoms with Gasteiger partial charge in [-0.25, -0.2) is 0 Å². The highest BCUT2D eigenvalue weighted by Gasteiger charge is 2.37. The zero-order valence-electron chi connectivity index (χ0n) is 15.3. The summed E-state index contributed by atoms with van der Waals surface area (Å²) in [6.45, 7) is 3.02. The van der Waals surface area contributed by atoms with Crippen molar-refractivity contribution in [1.82, 2.24) is 9.88 Å². The Morgan fingerprint density at radius 1 is 1.19 bits per heavy atom. The lowest BCUT2D eigenvalue weighted by atomic mass is 9.74. The van der Waals surface area contributed by atoms with Crippen molar-refractivity contribution in [2.75, 3.05) is 0 Å². The van der Waals surface area contributed by atoms with Gasteiger partial charge in [-0.3, -0.25) is 9.59 Å². The summed E-state index contributed by atoms with van der Waals surface area (Å²) in [6.07, 6.45) is 5.72. The molecule has 1 heterocycles. The number of benzene rings is 1. The van der Waals surface area contributed by atoms with Gasteiger partial charge in [0.1, 0.15) is 0 Å². The Balaban J connectivity index is 1.57. The summed E-state index contributed by atoms with van der Waals surface area (Å²) >= 11 is 0. The van der Waals surface area contributed by atoms with Gasteiger partial charge in [0, 0.05) is 24.3 Å². The van der Waals surface area contributed by atoms with Crippen molar-refractivity contribution < 1.29 is 4.79 Å². The van der Waals surface area contributed by atoms with E-state index in [2.05, 4.69) is 5.32 Å². The van der Waals surface area contributed by atoms with Crippen molar-refractivity contribution >= 4 is 5.91 Å². The van der Waals surface area contributed by atoms with Crippen LogP contribution in [0.25, 0.3) is 0 Å². The summed E-state index contributed by atoms with van der Waals surface area (Å²) in [5, 5.41) is 3.03. The summed E-state index contributed by atoms with van der Waals surface area (Å²) in [5.74, 6) is -0.0601. The van der Waals surface area contributed by atoms with Gasteiger partial charge in [0.2, 0.25) is 5.91 Å².